The summed E-state index contributed by atoms with van der Waals surface area (Å²) in [6.07, 6.45) is 2.85. The van der Waals surface area contributed by atoms with Crippen LogP contribution < -0.4 is 10.2 Å². The van der Waals surface area contributed by atoms with Gasteiger partial charge in [0.25, 0.3) is 17.7 Å². The molecule has 4 atom stereocenters. The maximum atomic E-state index is 12.4. The van der Waals surface area contributed by atoms with Crippen LogP contribution in [0.5, 0.6) is 5.75 Å². The van der Waals surface area contributed by atoms with Crippen LogP contribution in [0.15, 0.2) is 36.4 Å². The fourth-order valence-corrected chi connectivity index (χ4v) is 3.32. The minimum Gasteiger partial charge on any atom is -0.497 e. The molecule has 0 unspecified atom stereocenters. The van der Waals surface area contributed by atoms with Gasteiger partial charge in [0, 0.05) is 5.56 Å². The molecule has 0 spiro atoms. The van der Waals surface area contributed by atoms with Gasteiger partial charge in [-0.05, 0) is 24.3 Å². The summed E-state index contributed by atoms with van der Waals surface area (Å²) in [4.78, 5) is 37.1. The Morgan fingerprint density at radius 2 is 1.65 bits per heavy atom. The first kappa shape index (κ1) is 14.0. The van der Waals surface area contributed by atoms with Gasteiger partial charge in [-0.3, -0.25) is 19.8 Å². The van der Waals surface area contributed by atoms with E-state index >= 15 is 0 Å². The number of carbonyl (C=O) groups is 3. The van der Waals surface area contributed by atoms with Crippen molar-refractivity contribution in [2.24, 2.45) is 11.8 Å². The van der Waals surface area contributed by atoms with Crippen molar-refractivity contribution in [3.63, 3.8) is 0 Å². The molecule has 3 amide bonds. The number of amides is 3. The summed E-state index contributed by atoms with van der Waals surface area (Å²) >= 11 is 0. The molecule has 3 aliphatic heterocycles. The number of ether oxygens (including phenoxy) is 2. The van der Waals surface area contributed by atoms with Crippen molar-refractivity contribution >= 4 is 17.7 Å². The topological polar surface area (TPSA) is 84.9 Å². The van der Waals surface area contributed by atoms with Crippen LogP contribution in [0.3, 0.4) is 0 Å². The van der Waals surface area contributed by atoms with Crippen molar-refractivity contribution in [2.75, 3.05) is 7.11 Å². The Labute approximate surface area is 131 Å². The maximum Gasteiger partial charge on any atom is 0.270 e. The highest BCUT2D eigenvalue weighted by molar-refractivity contribution is 6.09. The van der Waals surface area contributed by atoms with E-state index in [1.165, 1.54) is 7.11 Å². The summed E-state index contributed by atoms with van der Waals surface area (Å²) < 4.78 is 10.6. The molecule has 1 aromatic rings. The Hall–Kier alpha value is -2.67. The number of hydrogen-bond acceptors (Lipinski definition) is 5. The molecular formula is C16H14N2O5. The number of carbonyl (C=O) groups excluding carboxylic acids is 3. The monoisotopic (exact) mass is 314 g/mol. The number of fused-ring (bicyclic) bond motifs is 5. The number of hydrazine groups is 1. The lowest BCUT2D eigenvalue weighted by Crippen LogP contribution is -2.47. The summed E-state index contributed by atoms with van der Waals surface area (Å²) in [5.74, 6) is -1.81. The second-order valence-electron chi connectivity index (χ2n) is 5.68. The highest BCUT2D eigenvalue weighted by Crippen LogP contribution is 2.44. The lowest BCUT2D eigenvalue weighted by atomic mass is 9.85. The van der Waals surface area contributed by atoms with Crippen molar-refractivity contribution in [3.8, 4) is 5.75 Å². The highest BCUT2D eigenvalue weighted by atomic mass is 16.5. The van der Waals surface area contributed by atoms with Gasteiger partial charge < -0.3 is 9.47 Å². The maximum absolute atomic E-state index is 12.4. The minimum atomic E-state index is -0.534. The third-order valence-electron chi connectivity index (χ3n) is 4.48. The normalized spacial score (nSPS) is 30.7. The Balaban J connectivity index is 1.52. The summed E-state index contributed by atoms with van der Waals surface area (Å²) in [6.45, 7) is 0. The second-order valence-corrected chi connectivity index (χ2v) is 5.68. The zero-order chi connectivity index (χ0) is 16.1. The molecule has 4 rings (SSSR count). The van der Waals surface area contributed by atoms with Crippen LogP contribution in [0.4, 0.5) is 0 Å². The molecule has 7 heteroatoms. The summed E-state index contributed by atoms with van der Waals surface area (Å²) in [5, 5.41) is 0.831. The average Bonchev–Trinajstić information content (AvgIpc) is 3.24. The summed E-state index contributed by atoms with van der Waals surface area (Å²) in [6, 6.07) is 6.40. The summed E-state index contributed by atoms with van der Waals surface area (Å²) in [5.41, 5.74) is 2.73. The number of hydrogen-bond donors (Lipinski definition) is 1. The molecule has 2 bridgehead atoms. The fraction of sp³-hybridized carbons (Fsp3) is 0.312. The second kappa shape index (κ2) is 4.92. The van der Waals surface area contributed by atoms with Crippen LogP contribution in [0.25, 0.3) is 0 Å². The Morgan fingerprint density at radius 3 is 2.17 bits per heavy atom. The van der Waals surface area contributed by atoms with E-state index in [2.05, 4.69) is 5.43 Å². The first-order chi connectivity index (χ1) is 11.1. The first-order valence-corrected chi connectivity index (χ1v) is 7.27. The molecule has 2 saturated heterocycles. The fourth-order valence-electron chi connectivity index (χ4n) is 3.32. The standard InChI is InChI=1S/C16H14N2O5/c1-22-9-4-2-8(3-5-9)14(19)17-18-15(20)12-10-6-7-11(23-10)13(12)16(18)21/h2-7,10-13H,1H3,(H,17,19)/t10-,11+,12+,13-. The van der Waals surface area contributed by atoms with Crippen LogP contribution in [0.1, 0.15) is 10.4 Å². The molecule has 2 fully saturated rings. The summed E-state index contributed by atoms with van der Waals surface area (Å²) in [7, 11) is 1.53. The quantitative estimate of drug-likeness (QED) is 0.640. The van der Waals surface area contributed by atoms with E-state index in [9.17, 15) is 14.4 Å². The van der Waals surface area contributed by atoms with E-state index in [0.717, 1.165) is 5.01 Å². The Bertz CT molecular complexity index is 696. The van der Waals surface area contributed by atoms with Crippen LogP contribution >= 0.6 is 0 Å². The van der Waals surface area contributed by atoms with Gasteiger partial charge >= 0.3 is 0 Å². The third kappa shape index (κ3) is 1.97. The predicted molar refractivity (Wildman–Crippen MR) is 77.1 cm³/mol. The SMILES string of the molecule is COc1ccc(C(=O)NN2C(=O)[C@@H]3[C@H](C2=O)[C@@H]2C=C[C@H]3O2)cc1. The molecule has 0 aliphatic carbocycles. The number of rotatable bonds is 3. The largest absolute Gasteiger partial charge is 0.497 e. The van der Waals surface area contributed by atoms with Gasteiger partial charge in [0.05, 0.1) is 31.2 Å². The van der Waals surface area contributed by atoms with Crippen molar-refractivity contribution in [2.45, 2.75) is 12.2 Å². The van der Waals surface area contributed by atoms with E-state index in [4.69, 9.17) is 9.47 Å². The van der Waals surface area contributed by atoms with E-state index in [1.807, 2.05) is 0 Å². The van der Waals surface area contributed by atoms with Gasteiger partial charge in [-0.25, -0.2) is 0 Å². The zero-order valence-electron chi connectivity index (χ0n) is 12.3. The van der Waals surface area contributed by atoms with Gasteiger partial charge in [0.15, 0.2) is 0 Å². The number of methoxy groups -OCH3 is 1. The number of nitrogens with one attached hydrogen (secondary N) is 1. The molecule has 7 nitrogen and oxygen atoms in total. The van der Waals surface area contributed by atoms with Crippen molar-refractivity contribution < 1.29 is 23.9 Å². The van der Waals surface area contributed by atoms with Crippen LogP contribution in [-0.4, -0.2) is 42.0 Å². The van der Waals surface area contributed by atoms with E-state index in [-0.39, 0.29) is 12.2 Å². The van der Waals surface area contributed by atoms with Crippen LogP contribution in [-0.2, 0) is 14.3 Å². The third-order valence-corrected chi connectivity index (χ3v) is 4.48. The Kier molecular flexibility index (Phi) is 2.99. The van der Waals surface area contributed by atoms with E-state index < -0.39 is 29.6 Å². The molecule has 23 heavy (non-hydrogen) atoms. The van der Waals surface area contributed by atoms with Gasteiger partial charge in [-0.2, -0.15) is 5.01 Å². The smallest absolute Gasteiger partial charge is 0.270 e. The molecule has 1 N–H and O–H groups in total. The molecule has 1 aromatic carbocycles. The molecule has 0 aromatic heterocycles. The molecular weight excluding hydrogens is 300 g/mol. The number of benzene rings is 1. The van der Waals surface area contributed by atoms with Gasteiger partial charge in [-0.15, -0.1) is 0 Å². The van der Waals surface area contributed by atoms with Gasteiger partial charge in [-0.1, -0.05) is 12.2 Å². The number of nitrogens with zero attached hydrogens (tertiary/aromatic N) is 1. The molecule has 3 heterocycles. The first-order valence-electron chi connectivity index (χ1n) is 7.27. The van der Waals surface area contributed by atoms with Crippen molar-refractivity contribution in [1.29, 1.82) is 0 Å². The van der Waals surface area contributed by atoms with Crippen LogP contribution in [0.2, 0.25) is 0 Å². The number of imide groups is 1. The predicted octanol–water partition coefficient (Wildman–Crippen LogP) is 0.278. The lowest BCUT2D eigenvalue weighted by molar-refractivity contribution is -0.145. The average molecular weight is 314 g/mol. The minimum absolute atomic E-state index is 0.334. The lowest BCUT2D eigenvalue weighted by Gasteiger charge is -2.18. The molecule has 0 saturated carbocycles. The Morgan fingerprint density at radius 1 is 1.09 bits per heavy atom. The van der Waals surface area contributed by atoms with E-state index in [0.29, 0.717) is 11.3 Å². The van der Waals surface area contributed by atoms with Crippen molar-refractivity contribution in [1.82, 2.24) is 10.4 Å². The molecule has 0 radical (unpaired) electrons. The highest BCUT2D eigenvalue weighted by Gasteiger charge is 2.61. The van der Waals surface area contributed by atoms with Crippen LogP contribution in [0, 0.1) is 11.8 Å². The zero-order valence-corrected chi connectivity index (χ0v) is 12.3. The molecule has 118 valence electrons. The van der Waals surface area contributed by atoms with Crippen molar-refractivity contribution in [3.05, 3.63) is 42.0 Å². The molecule has 3 aliphatic rings. The van der Waals surface area contributed by atoms with Gasteiger partial charge in [0.2, 0.25) is 0 Å². The van der Waals surface area contributed by atoms with Gasteiger partial charge in [0.1, 0.15) is 5.75 Å². The van der Waals surface area contributed by atoms with E-state index in [1.54, 1.807) is 36.4 Å².